The van der Waals surface area contributed by atoms with E-state index in [-0.39, 0.29) is 18.4 Å². The monoisotopic (exact) mass is 305 g/mol. The maximum atomic E-state index is 5.96. The Hall–Kier alpha value is -1.51. The smallest absolute Gasteiger partial charge is 0.122 e. The third-order valence-electron chi connectivity index (χ3n) is 3.17. The minimum atomic E-state index is 0. The number of ether oxygens (including phenoxy) is 1. The van der Waals surface area contributed by atoms with Crippen molar-refractivity contribution < 1.29 is 4.74 Å². The van der Waals surface area contributed by atoms with Gasteiger partial charge in [-0.25, -0.2) is 0 Å². The predicted octanol–water partition coefficient (Wildman–Crippen LogP) is 4.45. The van der Waals surface area contributed by atoms with Crippen molar-refractivity contribution in [3.8, 4) is 16.9 Å². The van der Waals surface area contributed by atoms with Gasteiger partial charge in [-0.05, 0) is 48.6 Å². The van der Waals surface area contributed by atoms with Crippen LogP contribution in [-0.4, -0.2) is 12.6 Å². The fourth-order valence-electron chi connectivity index (χ4n) is 2.25. The van der Waals surface area contributed by atoms with Crippen LogP contribution in [0.4, 0.5) is 0 Å². The number of rotatable bonds is 6. The molecule has 0 bridgehead atoms. The summed E-state index contributed by atoms with van der Waals surface area (Å²) in [5.74, 6) is 0.962. The second kappa shape index (κ2) is 8.71. The fraction of sp³-hybridized carbons (Fsp3) is 0.333. The summed E-state index contributed by atoms with van der Waals surface area (Å²) in [4.78, 5) is 0. The molecule has 2 aromatic rings. The highest BCUT2D eigenvalue weighted by atomic mass is 35.5. The van der Waals surface area contributed by atoms with Crippen molar-refractivity contribution >= 4 is 12.4 Å². The third-order valence-corrected chi connectivity index (χ3v) is 3.17. The van der Waals surface area contributed by atoms with E-state index < -0.39 is 0 Å². The van der Waals surface area contributed by atoms with Gasteiger partial charge in [0.2, 0.25) is 0 Å². The van der Waals surface area contributed by atoms with Gasteiger partial charge in [0, 0.05) is 6.04 Å². The molecule has 3 heteroatoms. The van der Waals surface area contributed by atoms with Crippen LogP contribution in [-0.2, 0) is 6.42 Å². The quantitative estimate of drug-likeness (QED) is 0.855. The van der Waals surface area contributed by atoms with E-state index in [1.807, 2.05) is 13.0 Å². The molecule has 2 aromatic carbocycles. The molecular formula is C18H24ClNO. The highest BCUT2D eigenvalue weighted by Crippen LogP contribution is 2.27. The summed E-state index contributed by atoms with van der Waals surface area (Å²) in [6, 6.07) is 16.9. The van der Waals surface area contributed by atoms with Crippen LogP contribution in [0.15, 0.2) is 48.5 Å². The second-order valence-electron chi connectivity index (χ2n) is 5.22. The van der Waals surface area contributed by atoms with Crippen LogP contribution in [0.2, 0.25) is 0 Å². The Bertz CT molecular complexity index is 540. The van der Waals surface area contributed by atoms with Gasteiger partial charge >= 0.3 is 0 Å². The van der Waals surface area contributed by atoms with Crippen molar-refractivity contribution in [3.05, 3.63) is 54.1 Å². The van der Waals surface area contributed by atoms with Gasteiger partial charge in [-0.3, -0.25) is 0 Å². The molecule has 2 N–H and O–H groups in total. The number of nitrogens with two attached hydrogens (primary N) is 1. The third kappa shape index (κ3) is 5.07. The Morgan fingerprint density at radius 3 is 2.38 bits per heavy atom. The lowest BCUT2D eigenvalue weighted by Gasteiger charge is -2.14. The average Bonchev–Trinajstić information content (AvgIpc) is 2.46. The summed E-state index contributed by atoms with van der Waals surface area (Å²) in [5, 5.41) is 0. The maximum Gasteiger partial charge on any atom is 0.122 e. The van der Waals surface area contributed by atoms with Gasteiger partial charge in [-0.15, -0.1) is 12.4 Å². The van der Waals surface area contributed by atoms with E-state index in [4.69, 9.17) is 10.5 Å². The zero-order valence-electron chi connectivity index (χ0n) is 12.7. The van der Waals surface area contributed by atoms with E-state index in [1.54, 1.807) is 0 Å². The minimum Gasteiger partial charge on any atom is -0.493 e. The molecule has 2 rings (SSSR count). The van der Waals surface area contributed by atoms with E-state index in [1.165, 1.54) is 16.7 Å². The van der Waals surface area contributed by atoms with Crippen molar-refractivity contribution in [2.45, 2.75) is 32.7 Å². The molecule has 0 aliphatic rings. The average molecular weight is 306 g/mol. The van der Waals surface area contributed by atoms with Crippen molar-refractivity contribution in [1.82, 2.24) is 0 Å². The second-order valence-corrected chi connectivity index (χ2v) is 5.22. The molecule has 0 heterocycles. The molecule has 0 amide bonds. The SMILES string of the molecule is CCCOc1ccc(-c2ccccc2)cc1CC(C)N.Cl. The Kier molecular flexibility index (Phi) is 7.27. The number of halogens is 1. The normalized spacial score (nSPS) is 11.6. The summed E-state index contributed by atoms with van der Waals surface area (Å²) >= 11 is 0. The molecule has 0 saturated carbocycles. The number of hydrogen-bond acceptors (Lipinski definition) is 2. The van der Waals surface area contributed by atoms with Crippen LogP contribution in [0.3, 0.4) is 0 Å². The Morgan fingerprint density at radius 2 is 1.76 bits per heavy atom. The first-order valence-electron chi connectivity index (χ1n) is 7.27. The van der Waals surface area contributed by atoms with Gasteiger partial charge in [0.05, 0.1) is 6.61 Å². The van der Waals surface area contributed by atoms with Crippen LogP contribution in [0.1, 0.15) is 25.8 Å². The zero-order chi connectivity index (χ0) is 14.4. The van der Waals surface area contributed by atoms with E-state index in [0.29, 0.717) is 0 Å². The van der Waals surface area contributed by atoms with E-state index in [2.05, 4.69) is 49.4 Å². The van der Waals surface area contributed by atoms with Crippen LogP contribution in [0, 0.1) is 0 Å². The highest BCUT2D eigenvalue weighted by molar-refractivity contribution is 5.85. The Morgan fingerprint density at radius 1 is 1.05 bits per heavy atom. The molecule has 0 fully saturated rings. The first kappa shape index (κ1) is 17.5. The van der Waals surface area contributed by atoms with E-state index in [0.717, 1.165) is 25.2 Å². The summed E-state index contributed by atoms with van der Waals surface area (Å²) in [6.07, 6.45) is 1.85. The number of benzene rings is 2. The van der Waals surface area contributed by atoms with Crippen LogP contribution in [0.5, 0.6) is 5.75 Å². The van der Waals surface area contributed by atoms with Crippen LogP contribution < -0.4 is 10.5 Å². The summed E-state index contributed by atoms with van der Waals surface area (Å²) in [6.45, 7) is 4.89. The molecule has 114 valence electrons. The lowest BCUT2D eigenvalue weighted by atomic mass is 9.99. The first-order valence-corrected chi connectivity index (χ1v) is 7.27. The fourth-order valence-corrected chi connectivity index (χ4v) is 2.25. The lowest BCUT2D eigenvalue weighted by Crippen LogP contribution is -2.18. The molecule has 0 aromatic heterocycles. The van der Waals surface area contributed by atoms with E-state index in [9.17, 15) is 0 Å². The summed E-state index contributed by atoms with van der Waals surface area (Å²) in [7, 11) is 0. The molecule has 21 heavy (non-hydrogen) atoms. The molecule has 1 atom stereocenters. The van der Waals surface area contributed by atoms with Gasteiger partial charge in [0.15, 0.2) is 0 Å². The predicted molar refractivity (Wildman–Crippen MR) is 92.3 cm³/mol. The Labute approximate surface area is 133 Å². The molecule has 1 unspecified atom stereocenters. The zero-order valence-corrected chi connectivity index (χ0v) is 13.5. The minimum absolute atomic E-state index is 0. The molecule has 0 spiro atoms. The van der Waals surface area contributed by atoms with Crippen LogP contribution >= 0.6 is 12.4 Å². The summed E-state index contributed by atoms with van der Waals surface area (Å²) < 4.78 is 5.82. The molecular weight excluding hydrogens is 282 g/mol. The van der Waals surface area contributed by atoms with Crippen molar-refractivity contribution in [3.63, 3.8) is 0 Å². The first-order chi connectivity index (χ1) is 9.70. The van der Waals surface area contributed by atoms with Gasteiger partial charge in [-0.2, -0.15) is 0 Å². The topological polar surface area (TPSA) is 35.2 Å². The molecule has 0 aliphatic heterocycles. The van der Waals surface area contributed by atoms with Crippen molar-refractivity contribution in [2.24, 2.45) is 5.73 Å². The van der Waals surface area contributed by atoms with E-state index >= 15 is 0 Å². The standard InChI is InChI=1S/C18H23NO.ClH/c1-3-11-20-18-10-9-16(13-17(18)12-14(2)19)15-7-5-4-6-8-15;/h4-10,13-14H,3,11-12,19H2,1-2H3;1H. The van der Waals surface area contributed by atoms with Gasteiger partial charge in [0.25, 0.3) is 0 Å². The lowest BCUT2D eigenvalue weighted by molar-refractivity contribution is 0.313. The van der Waals surface area contributed by atoms with Crippen molar-refractivity contribution in [2.75, 3.05) is 6.61 Å². The van der Waals surface area contributed by atoms with Crippen LogP contribution in [0.25, 0.3) is 11.1 Å². The van der Waals surface area contributed by atoms with Gasteiger partial charge < -0.3 is 10.5 Å². The molecule has 0 radical (unpaired) electrons. The largest absolute Gasteiger partial charge is 0.493 e. The number of hydrogen-bond donors (Lipinski definition) is 1. The van der Waals surface area contributed by atoms with Gasteiger partial charge in [0.1, 0.15) is 5.75 Å². The molecule has 2 nitrogen and oxygen atoms in total. The van der Waals surface area contributed by atoms with Crippen molar-refractivity contribution in [1.29, 1.82) is 0 Å². The molecule has 0 saturated heterocycles. The maximum absolute atomic E-state index is 5.96. The van der Waals surface area contributed by atoms with Gasteiger partial charge in [-0.1, -0.05) is 43.3 Å². The molecule has 0 aliphatic carbocycles. The highest BCUT2D eigenvalue weighted by Gasteiger charge is 2.08. The Balaban J connectivity index is 0.00000220. The summed E-state index contributed by atoms with van der Waals surface area (Å²) in [5.41, 5.74) is 9.58.